The van der Waals surface area contributed by atoms with Gasteiger partial charge in [0.1, 0.15) is 0 Å². The molecule has 4 heteroatoms. The lowest BCUT2D eigenvalue weighted by atomic mass is 9.89. The van der Waals surface area contributed by atoms with Gasteiger partial charge in [0.25, 0.3) is 0 Å². The summed E-state index contributed by atoms with van der Waals surface area (Å²) in [5, 5.41) is 13.3. The lowest BCUT2D eigenvalue weighted by Crippen LogP contribution is -2.53. The first kappa shape index (κ1) is 15.8. The number of carbonyl (C=O) groups is 1. The lowest BCUT2D eigenvalue weighted by molar-refractivity contribution is -0.129. The van der Waals surface area contributed by atoms with Crippen LogP contribution in [0.15, 0.2) is 0 Å². The van der Waals surface area contributed by atoms with Crippen LogP contribution in [0.25, 0.3) is 0 Å². The van der Waals surface area contributed by atoms with Crippen molar-refractivity contribution in [2.24, 2.45) is 5.41 Å². The number of amides is 1. The van der Waals surface area contributed by atoms with E-state index in [2.05, 4.69) is 10.2 Å². The van der Waals surface area contributed by atoms with Gasteiger partial charge in [-0.25, -0.2) is 0 Å². The number of likely N-dealkylation sites (tertiary alicyclic amines) is 1. The van der Waals surface area contributed by atoms with Gasteiger partial charge in [0.05, 0.1) is 6.10 Å². The Morgan fingerprint density at radius 2 is 1.70 bits per heavy atom. The first-order chi connectivity index (χ1) is 9.38. The summed E-state index contributed by atoms with van der Waals surface area (Å²) in [5.74, 6) is 0.147. The van der Waals surface area contributed by atoms with Gasteiger partial charge < -0.3 is 10.4 Å². The zero-order valence-corrected chi connectivity index (χ0v) is 13.2. The Kier molecular flexibility index (Phi) is 5.08. The summed E-state index contributed by atoms with van der Waals surface area (Å²) in [5.41, 5.74) is -0.309. The summed E-state index contributed by atoms with van der Waals surface area (Å²) in [6.07, 6.45) is 6.34. The molecule has 1 heterocycles. The third-order valence-electron chi connectivity index (χ3n) is 4.71. The van der Waals surface area contributed by atoms with Gasteiger partial charge in [0.2, 0.25) is 5.91 Å². The van der Waals surface area contributed by atoms with E-state index in [0.29, 0.717) is 12.1 Å². The molecule has 2 N–H and O–H groups in total. The van der Waals surface area contributed by atoms with Gasteiger partial charge >= 0.3 is 0 Å². The van der Waals surface area contributed by atoms with Gasteiger partial charge in [0.15, 0.2) is 0 Å². The number of rotatable bonds is 2. The van der Waals surface area contributed by atoms with Crippen molar-refractivity contribution in [1.29, 1.82) is 0 Å². The SMILES string of the molecule is CC(C)(C)C(=O)NC1CCN(C2CCCCC2O)CC1. The highest BCUT2D eigenvalue weighted by atomic mass is 16.3. The molecule has 116 valence electrons. The monoisotopic (exact) mass is 282 g/mol. The van der Waals surface area contributed by atoms with Crippen LogP contribution in [0, 0.1) is 5.41 Å². The Hall–Kier alpha value is -0.610. The number of nitrogens with one attached hydrogen (secondary N) is 1. The van der Waals surface area contributed by atoms with E-state index in [1.807, 2.05) is 20.8 Å². The number of aliphatic hydroxyl groups excluding tert-OH is 1. The van der Waals surface area contributed by atoms with Gasteiger partial charge in [-0.2, -0.15) is 0 Å². The van der Waals surface area contributed by atoms with E-state index in [1.165, 1.54) is 6.42 Å². The van der Waals surface area contributed by atoms with E-state index < -0.39 is 0 Å². The number of hydrogen-bond donors (Lipinski definition) is 2. The largest absolute Gasteiger partial charge is 0.391 e. The predicted octanol–water partition coefficient (Wildman–Crippen LogP) is 1.92. The molecule has 2 rings (SSSR count). The van der Waals surface area contributed by atoms with Crippen molar-refractivity contribution in [1.82, 2.24) is 10.2 Å². The molecule has 1 aliphatic carbocycles. The van der Waals surface area contributed by atoms with Crippen molar-refractivity contribution < 1.29 is 9.90 Å². The minimum absolute atomic E-state index is 0.147. The van der Waals surface area contributed by atoms with Crippen LogP contribution in [0.2, 0.25) is 0 Å². The topological polar surface area (TPSA) is 52.6 Å². The molecule has 0 bridgehead atoms. The fourth-order valence-electron chi connectivity index (χ4n) is 3.29. The van der Waals surface area contributed by atoms with Crippen LogP contribution in [0.4, 0.5) is 0 Å². The highest BCUT2D eigenvalue weighted by Crippen LogP contribution is 2.26. The number of carbonyl (C=O) groups excluding carboxylic acids is 1. The molecular formula is C16H30N2O2. The van der Waals surface area contributed by atoms with Gasteiger partial charge in [-0.3, -0.25) is 9.69 Å². The number of hydrogen-bond acceptors (Lipinski definition) is 3. The molecule has 2 aliphatic rings. The quantitative estimate of drug-likeness (QED) is 0.813. The first-order valence-electron chi connectivity index (χ1n) is 8.11. The van der Waals surface area contributed by atoms with E-state index in [-0.39, 0.29) is 17.4 Å². The number of aliphatic hydroxyl groups is 1. The Labute approximate surface area is 122 Å². The van der Waals surface area contributed by atoms with Gasteiger partial charge in [-0.15, -0.1) is 0 Å². The maximum absolute atomic E-state index is 12.0. The third-order valence-corrected chi connectivity index (χ3v) is 4.71. The van der Waals surface area contributed by atoms with Crippen LogP contribution in [-0.2, 0) is 4.79 Å². The zero-order valence-electron chi connectivity index (χ0n) is 13.2. The van der Waals surface area contributed by atoms with Crippen molar-refractivity contribution in [3.05, 3.63) is 0 Å². The van der Waals surface area contributed by atoms with Crippen LogP contribution in [0.1, 0.15) is 59.3 Å². The summed E-state index contributed by atoms with van der Waals surface area (Å²) in [6.45, 7) is 7.86. The van der Waals surface area contributed by atoms with Gasteiger partial charge in [0, 0.05) is 30.6 Å². The molecule has 0 spiro atoms. The van der Waals surface area contributed by atoms with E-state index in [4.69, 9.17) is 0 Å². The molecule has 0 radical (unpaired) electrons. The molecule has 2 unspecified atom stereocenters. The average Bonchev–Trinajstić information content (AvgIpc) is 2.39. The van der Waals surface area contributed by atoms with Crippen LogP contribution >= 0.6 is 0 Å². The summed E-state index contributed by atoms with van der Waals surface area (Å²) >= 11 is 0. The van der Waals surface area contributed by atoms with Crippen molar-refractivity contribution in [2.45, 2.75) is 77.5 Å². The smallest absolute Gasteiger partial charge is 0.225 e. The lowest BCUT2D eigenvalue weighted by Gasteiger charge is -2.42. The maximum atomic E-state index is 12.0. The van der Waals surface area contributed by atoms with E-state index in [0.717, 1.165) is 45.2 Å². The minimum Gasteiger partial charge on any atom is -0.391 e. The van der Waals surface area contributed by atoms with Gasteiger partial charge in [-0.1, -0.05) is 33.6 Å². The van der Waals surface area contributed by atoms with Crippen molar-refractivity contribution in [2.75, 3.05) is 13.1 Å². The predicted molar refractivity (Wildman–Crippen MR) is 80.5 cm³/mol. The molecule has 1 aliphatic heterocycles. The molecule has 2 atom stereocenters. The highest BCUT2D eigenvalue weighted by molar-refractivity contribution is 5.81. The van der Waals surface area contributed by atoms with Crippen molar-refractivity contribution >= 4 is 5.91 Å². The average molecular weight is 282 g/mol. The fourth-order valence-corrected chi connectivity index (χ4v) is 3.29. The van der Waals surface area contributed by atoms with E-state index in [1.54, 1.807) is 0 Å². The molecule has 1 saturated carbocycles. The highest BCUT2D eigenvalue weighted by Gasteiger charge is 2.32. The van der Waals surface area contributed by atoms with Crippen LogP contribution in [-0.4, -0.2) is 47.2 Å². The normalized spacial score (nSPS) is 30.2. The molecule has 0 aromatic carbocycles. The molecule has 0 aromatic heterocycles. The molecular weight excluding hydrogens is 252 g/mol. The molecule has 20 heavy (non-hydrogen) atoms. The Morgan fingerprint density at radius 1 is 1.10 bits per heavy atom. The molecule has 1 saturated heterocycles. The molecule has 2 fully saturated rings. The van der Waals surface area contributed by atoms with Crippen molar-refractivity contribution in [3.8, 4) is 0 Å². The summed E-state index contributed by atoms with van der Waals surface area (Å²) in [7, 11) is 0. The third kappa shape index (κ3) is 3.95. The van der Waals surface area contributed by atoms with Crippen LogP contribution in [0.5, 0.6) is 0 Å². The fraction of sp³-hybridized carbons (Fsp3) is 0.938. The van der Waals surface area contributed by atoms with E-state index >= 15 is 0 Å². The zero-order chi connectivity index (χ0) is 14.8. The Balaban J connectivity index is 1.79. The molecule has 0 aromatic rings. The Bertz CT molecular complexity index is 330. The minimum atomic E-state index is -0.309. The number of nitrogens with zero attached hydrogens (tertiary/aromatic N) is 1. The Morgan fingerprint density at radius 3 is 2.25 bits per heavy atom. The summed E-state index contributed by atoms with van der Waals surface area (Å²) in [4.78, 5) is 14.4. The summed E-state index contributed by atoms with van der Waals surface area (Å²) in [6, 6.07) is 0.654. The number of piperidine rings is 1. The van der Waals surface area contributed by atoms with Crippen molar-refractivity contribution in [3.63, 3.8) is 0 Å². The second-order valence-electron chi connectivity index (χ2n) is 7.45. The van der Waals surface area contributed by atoms with Crippen LogP contribution in [0.3, 0.4) is 0 Å². The summed E-state index contributed by atoms with van der Waals surface area (Å²) < 4.78 is 0. The first-order valence-corrected chi connectivity index (χ1v) is 8.11. The van der Waals surface area contributed by atoms with Gasteiger partial charge in [-0.05, 0) is 25.7 Å². The maximum Gasteiger partial charge on any atom is 0.225 e. The van der Waals surface area contributed by atoms with Crippen LogP contribution < -0.4 is 5.32 Å². The molecule has 1 amide bonds. The van der Waals surface area contributed by atoms with E-state index in [9.17, 15) is 9.90 Å². The standard InChI is InChI=1S/C16H30N2O2/c1-16(2,3)15(20)17-12-8-10-18(11-9-12)13-6-4-5-7-14(13)19/h12-14,19H,4-11H2,1-3H3,(H,17,20). The second-order valence-corrected chi connectivity index (χ2v) is 7.45. The molecule has 4 nitrogen and oxygen atoms in total. The second kappa shape index (κ2) is 6.44.